The van der Waals surface area contributed by atoms with Gasteiger partial charge < -0.3 is 14.6 Å². The van der Waals surface area contributed by atoms with Gasteiger partial charge in [0, 0.05) is 12.1 Å². The van der Waals surface area contributed by atoms with Gasteiger partial charge in [-0.05, 0) is 94.5 Å². The van der Waals surface area contributed by atoms with Crippen LogP contribution in [0.4, 0.5) is 0 Å². The number of rotatable bonds is 9. The Morgan fingerprint density at radius 3 is 2.51 bits per heavy atom. The van der Waals surface area contributed by atoms with Crippen molar-refractivity contribution < 1.29 is 9.53 Å². The second kappa shape index (κ2) is 10.8. The van der Waals surface area contributed by atoms with E-state index in [1.807, 2.05) is 63.2 Å². The van der Waals surface area contributed by atoms with Crippen molar-refractivity contribution in [3.63, 3.8) is 0 Å². The Kier molecular flexibility index (Phi) is 7.54. The number of fused-ring (bicyclic) bond motifs is 1. The van der Waals surface area contributed by atoms with Crippen molar-refractivity contribution in [1.29, 1.82) is 0 Å². The van der Waals surface area contributed by atoms with Crippen molar-refractivity contribution in [2.45, 2.75) is 60.0 Å². The number of nitrogens with zero attached hydrogens (tertiary/aromatic N) is 2. The molecule has 0 saturated heterocycles. The summed E-state index contributed by atoms with van der Waals surface area (Å²) in [7, 11) is 0. The van der Waals surface area contributed by atoms with Gasteiger partial charge >= 0.3 is 0 Å². The summed E-state index contributed by atoms with van der Waals surface area (Å²) >= 11 is 0. The van der Waals surface area contributed by atoms with Crippen LogP contribution in [0, 0.1) is 27.7 Å². The molecule has 0 fully saturated rings. The van der Waals surface area contributed by atoms with Crippen LogP contribution in [-0.2, 0) is 6.54 Å². The van der Waals surface area contributed by atoms with E-state index in [1.165, 1.54) is 11.1 Å². The molecule has 0 aliphatic heterocycles. The lowest BCUT2D eigenvalue weighted by Gasteiger charge is -2.17. The Labute approximate surface area is 208 Å². The number of unbranched alkanes of at least 4 members (excludes halogenated alkanes) is 1. The number of hydrogen-bond acceptors (Lipinski definition) is 3. The van der Waals surface area contributed by atoms with Crippen LogP contribution in [0.1, 0.15) is 64.2 Å². The summed E-state index contributed by atoms with van der Waals surface area (Å²) in [5.74, 6) is 1.72. The van der Waals surface area contributed by atoms with E-state index in [2.05, 4.69) is 41.9 Å². The van der Waals surface area contributed by atoms with E-state index in [0.29, 0.717) is 12.2 Å². The molecular weight excluding hydrogens is 434 g/mol. The Balaban J connectivity index is 1.43. The highest BCUT2D eigenvalue weighted by Gasteiger charge is 2.19. The van der Waals surface area contributed by atoms with Gasteiger partial charge in [0.2, 0.25) is 0 Å². The zero-order chi connectivity index (χ0) is 24.9. The Bertz CT molecular complexity index is 1340. The van der Waals surface area contributed by atoms with Gasteiger partial charge in [-0.15, -0.1) is 0 Å². The van der Waals surface area contributed by atoms with Gasteiger partial charge in [-0.3, -0.25) is 4.79 Å². The number of aromatic nitrogens is 2. The topological polar surface area (TPSA) is 56.2 Å². The number of ether oxygens (including phenoxy) is 1. The van der Waals surface area contributed by atoms with Crippen molar-refractivity contribution in [3.05, 3.63) is 94.3 Å². The molecule has 35 heavy (non-hydrogen) atoms. The summed E-state index contributed by atoms with van der Waals surface area (Å²) in [4.78, 5) is 17.9. The van der Waals surface area contributed by atoms with E-state index < -0.39 is 0 Å². The predicted molar refractivity (Wildman–Crippen MR) is 142 cm³/mol. The first-order chi connectivity index (χ1) is 16.8. The maximum Gasteiger partial charge on any atom is 0.252 e. The second-order valence-electron chi connectivity index (χ2n) is 9.43. The molecule has 4 rings (SSSR count). The third kappa shape index (κ3) is 5.73. The minimum absolute atomic E-state index is 0.0737. The number of imidazole rings is 1. The molecule has 182 valence electrons. The molecule has 1 N–H and O–H groups in total. The molecule has 0 aliphatic rings. The van der Waals surface area contributed by atoms with Crippen molar-refractivity contribution >= 4 is 16.9 Å². The molecule has 0 aliphatic carbocycles. The molecule has 5 nitrogen and oxygen atoms in total. The van der Waals surface area contributed by atoms with Gasteiger partial charge in [0.1, 0.15) is 11.6 Å². The first kappa shape index (κ1) is 24.5. The van der Waals surface area contributed by atoms with Gasteiger partial charge in [-0.25, -0.2) is 4.98 Å². The first-order valence-electron chi connectivity index (χ1n) is 12.4. The quantitative estimate of drug-likeness (QED) is 0.280. The highest BCUT2D eigenvalue weighted by atomic mass is 16.5. The smallest absolute Gasteiger partial charge is 0.252 e. The van der Waals surface area contributed by atoms with Crippen LogP contribution in [0.15, 0.2) is 60.7 Å². The largest absolute Gasteiger partial charge is 0.494 e. The molecular formula is C30H35N3O2. The summed E-state index contributed by atoms with van der Waals surface area (Å²) < 4.78 is 8.20. The van der Waals surface area contributed by atoms with Crippen molar-refractivity contribution in [1.82, 2.24) is 14.9 Å². The fraction of sp³-hybridized carbons (Fsp3) is 0.333. The molecule has 1 aromatic heterocycles. The monoisotopic (exact) mass is 469 g/mol. The second-order valence-corrected chi connectivity index (χ2v) is 9.43. The number of nitrogens with one attached hydrogen (secondary N) is 1. The average molecular weight is 470 g/mol. The van der Waals surface area contributed by atoms with E-state index >= 15 is 0 Å². The molecule has 0 spiro atoms. The van der Waals surface area contributed by atoms with E-state index in [4.69, 9.17) is 9.72 Å². The number of aryl methyl sites for hydroxylation is 5. The van der Waals surface area contributed by atoms with Crippen LogP contribution in [0.5, 0.6) is 5.75 Å². The zero-order valence-electron chi connectivity index (χ0n) is 21.4. The molecule has 5 heteroatoms. The third-order valence-electron chi connectivity index (χ3n) is 6.57. The number of carbonyl (C=O) groups excluding carboxylic acids is 1. The minimum Gasteiger partial charge on any atom is -0.494 e. The van der Waals surface area contributed by atoms with Crippen LogP contribution in [-0.4, -0.2) is 22.1 Å². The Morgan fingerprint density at radius 2 is 1.74 bits per heavy atom. The highest BCUT2D eigenvalue weighted by Crippen LogP contribution is 2.23. The van der Waals surface area contributed by atoms with Crippen molar-refractivity contribution in [3.8, 4) is 5.75 Å². The molecule has 1 atom stereocenters. The van der Waals surface area contributed by atoms with Crippen LogP contribution >= 0.6 is 0 Å². The standard InChI is InChI=1S/C30H35N3O2/c1-20-12-15-26(23(4)18-20)30(34)31-24(5)29-32-27-10-6-7-11-28(27)33(29)16-8-9-17-35-25-14-13-21(2)22(3)19-25/h6-7,10-15,18-19,24H,8-9,16-17H2,1-5H3,(H,31,34). The van der Waals surface area contributed by atoms with E-state index in [-0.39, 0.29) is 11.9 Å². The molecule has 0 bridgehead atoms. The summed E-state index contributed by atoms with van der Waals surface area (Å²) in [5, 5.41) is 3.16. The maximum absolute atomic E-state index is 13.0. The molecule has 0 radical (unpaired) electrons. The van der Waals surface area contributed by atoms with Gasteiger partial charge in [-0.1, -0.05) is 35.9 Å². The molecule has 4 aromatic rings. The van der Waals surface area contributed by atoms with Crippen LogP contribution in [0.3, 0.4) is 0 Å². The predicted octanol–water partition coefficient (Wildman–Crippen LogP) is 6.62. The number of carbonyl (C=O) groups is 1. The number of para-hydroxylation sites is 2. The van der Waals surface area contributed by atoms with Crippen molar-refractivity contribution in [2.24, 2.45) is 0 Å². The van der Waals surface area contributed by atoms with E-state index in [1.54, 1.807) is 0 Å². The molecule has 0 saturated carbocycles. The maximum atomic E-state index is 13.0. The van der Waals surface area contributed by atoms with Crippen LogP contribution in [0.2, 0.25) is 0 Å². The fourth-order valence-corrected chi connectivity index (χ4v) is 4.43. The summed E-state index contributed by atoms with van der Waals surface area (Å²) in [6.45, 7) is 11.7. The van der Waals surface area contributed by atoms with Gasteiger partial charge in [-0.2, -0.15) is 0 Å². The minimum atomic E-state index is -0.220. The summed E-state index contributed by atoms with van der Waals surface area (Å²) in [6.07, 6.45) is 1.89. The summed E-state index contributed by atoms with van der Waals surface area (Å²) in [6, 6.07) is 20.1. The molecule has 3 aromatic carbocycles. The first-order valence-corrected chi connectivity index (χ1v) is 12.4. The van der Waals surface area contributed by atoms with E-state index in [0.717, 1.165) is 53.1 Å². The van der Waals surface area contributed by atoms with Gasteiger partial charge in [0.25, 0.3) is 5.91 Å². The number of hydrogen-bond donors (Lipinski definition) is 1. The average Bonchev–Trinajstić information content (AvgIpc) is 3.20. The third-order valence-corrected chi connectivity index (χ3v) is 6.57. The van der Waals surface area contributed by atoms with Gasteiger partial charge in [0.05, 0.1) is 23.7 Å². The SMILES string of the molecule is Cc1ccc(C(=O)NC(C)c2nc3ccccc3n2CCCCOc2ccc(C)c(C)c2)c(C)c1. The van der Waals surface area contributed by atoms with Crippen LogP contribution in [0.25, 0.3) is 11.0 Å². The molecule has 1 heterocycles. The number of benzene rings is 3. The van der Waals surface area contributed by atoms with Crippen molar-refractivity contribution in [2.75, 3.05) is 6.61 Å². The summed E-state index contributed by atoms with van der Waals surface area (Å²) in [5.41, 5.74) is 7.38. The normalized spacial score (nSPS) is 12.0. The highest BCUT2D eigenvalue weighted by molar-refractivity contribution is 5.96. The number of amides is 1. The Morgan fingerprint density at radius 1 is 0.943 bits per heavy atom. The lowest BCUT2D eigenvalue weighted by Crippen LogP contribution is -2.29. The van der Waals surface area contributed by atoms with Crippen LogP contribution < -0.4 is 10.1 Å². The zero-order valence-corrected chi connectivity index (χ0v) is 21.4. The molecule has 1 unspecified atom stereocenters. The Hall–Kier alpha value is -3.60. The fourth-order valence-electron chi connectivity index (χ4n) is 4.43. The lowest BCUT2D eigenvalue weighted by molar-refractivity contribution is 0.0937. The van der Waals surface area contributed by atoms with Gasteiger partial charge in [0.15, 0.2) is 0 Å². The molecule has 1 amide bonds. The van der Waals surface area contributed by atoms with E-state index in [9.17, 15) is 4.79 Å². The lowest BCUT2D eigenvalue weighted by atomic mass is 10.0.